The number of carbonyl (C=O) groups is 4. The number of nitrogens with zero attached hydrogens (tertiary/aromatic N) is 2. The summed E-state index contributed by atoms with van der Waals surface area (Å²) in [4.78, 5) is 51.5. The summed E-state index contributed by atoms with van der Waals surface area (Å²) in [6.45, 7) is 10.8. The Balaban J connectivity index is -0.000000278. The number of ketones is 1. The summed E-state index contributed by atoms with van der Waals surface area (Å²) in [6, 6.07) is 8.43. The van der Waals surface area contributed by atoms with E-state index in [1.807, 2.05) is 18.2 Å². The number of alkyl halides is 9. The van der Waals surface area contributed by atoms with Crippen LogP contribution < -0.4 is 17.0 Å². The van der Waals surface area contributed by atoms with Crippen LogP contribution >= 0.6 is 0 Å². The zero-order chi connectivity index (χ0) is 46.4. The fourth-order valence-corrected chi connectivity index (χ4v) is 4.77. The van der Waals surface area contributed by atoms with Gasteiger partial charge < -0.3 is 44.5 Å². The smallest absolute Gasteiger partial charge is 1.00 e. The molecule has 1 aliphatic rings. The number of Topliss-reactive ketones (excluding diaryl/α,β-unsaturated/α-hetero) is 1. The van der Waals surface area contributed by atoms with Crippen molar-refractivity contribution in [2.24, 2.45) is 0 Å². The number of likely N-dealkylation sites (N-methyl/N-ethyl adjacent to an activating group) is 1. The number of benzene rings is 1. The van der Waals surface area contributed by atoms with Gasteiger partial charge in [-0.2, -0.15) is 39.5 Å². The molecule has 1 saturated heterocycles. The van der Waals surface area contributed by atoms with E-state index >= 15 is 0 Å². The van der Waals surface area contributed by atoms with Gasteiger partial charge >= 0.3 is 47.7 Å². The molecule has 0 aromatic heterocycles. The first kappa shape index (κ1) is 69.3. The van der Waals surface area contributed by atoms with E-state index in [1.54, 1.807) is 12.1 Å². The molecule has 0 bridgehead atoms. The maximum atomic E-state index is 12.9. The Morgan fingerprint density at radius 1 is 0.797 bits per heavy atom. The molecule has 11 nitrogen and oxygen atoms in total. The summed E-state index contributed by atoms with van der Waals surface area (Å²) in [5.41, 5.74) is -1.69. The van der Waals surface area contributed by atoms with Gasteiger partial charge in [-0.15, -0.1) is 19.7 Å². The Bertz CT molecular complexity index is 1700. The predicted octanol–water partition coefficient (Wildman–Crippen LogP) is 4.30. The molecule has 0 spiro atoms. The van der Waals surface area contributed by atoms with E-state index in [4.69, 9.17) is 9.84 Å². The summed E-state index contributed by atoms with van der Waals surface area (Å²) in [7, 11) is 2.46. The second-order valence-electron chi connectivity index (χ2n) is 12.7. The second-order valence-corrected chi connectivity index (χ2v) is 12.7. The molecule has 0 unspecified atom stereocenters. The van der Waals surface area contributed by atoms with Gasteiger partial charge in [-0.1, -0.05) is 66.8 Å². The number of imide groups is 1. The summed E-state index contributed by atoms with van der Waals surface area (Å²) in [6.07, 6.45) is -15.6. The minimum Gasteiger partial charge on any atom is -1.00 e. The molecule has 2 rings (SSSR count). The third kappa shape index (κ3) is 26.3. The van der Waals surface area contributed by atoms with E-state index in [9.17, 15) is 68.9 Å². The molecular weight excluding hydrogens is 950 g/mol. The van der Waals surface area contributed by atoms with E-state index in [-0.39, 0.29) is 81.7 Å². The minimum atomic E-state index is -4.58. The van der Waals surface area contributed by atoms with Crippen LogP contribution in [0.5, 0.6) is 0 Å². The largest absolute Gasteiger partial charge is 2.00 e. The van der Waals surface area contributed by atoms with Crippen molar-refractivity contribution in [3.8, 4) is 0 Å². The number of hydrogen-bond acceptors (Lipinski definition) is 9. The third-order valence-electron chi connectivity index (χ3n) is 8.08. The first-order valence-electron chi connectivity index (χ1n) is 17.8. The van der Waals surface area contributed by atoms with Crippen LogP contribution in [0.4, 0.5) is 44.3 Å². The van der Waals surface area contributed by atoms with E-state index in [2.05, 4.69) is 24.6 Å². The molecule has 23 heteroatoms. The number of cyclic esters (lactones) is 1. The van der Waals surface area contributed by atoms with Crippen LogP contribution in [0.1, 0.15) is 51.0 Å². The Hall–Kier alpha value is -3.74. The first-order valence-corrected chi connectivity index (χ1v) is 17.8. The van der Waals surface area contributed by atoms with Crippen molar-refractivity contribution in [3.63, 3.8) is 0 Å². The molecular formula is C41H52BBrF9MgN2O9. The molecule has 64 heavy (non-hydrogen) atoms. The number of hydroxylamine groups is 2. The molecule has 1 fully saturated rings. The van der Waals surface area contributed by atoms with Gasteiger partial charge in [0.25, 0.3) is 11.8 Å². The zero-order valence-corrected chi connectivity index (χ0v) is 38.7. The number of aliphatic hydroxyl groups excluding tert-OH is 3. The fraction of sp³-hybridized carbons (Fsp3) is 0.439. The van der Waals surface area contributed by atoms with Crippen molar-refractivity contribution in [2.75, 3.05) is 20.8 Å². The monoisotopic (exact) mass is 1000 g/mol. The van der Waals surface area contributed by atoms with Gasteiger partial charge in [0.2, 0.25) is 0 Å². The standard InChI is InChI=1S/C19H20F3NO4.C11H16F3NO3.C10H13F3O2.CH3.B.BrH.Mg/c1-2-6-14(19(20,21)22)9-10-16(24)17(25)23-15(12-27-18(23)26)11-13-7-4-3-5-8-13;1-4-5-8(11(12,13)14)6-7-9(16)10(17)15(2)18-3;1-3-4-8(10(11,12)13)5-6-9(15)7(2)14;;;;/h2-5,7-9,15-16,24H,1,6,10-12H2;4,6,9,16H,1,5,7H2,2-3H3;3,5,9,15H,1,4,6H2,2H3;1H3;;1H;/q;;;-1;;;+2/p-1/b14-9+;8-6+;8-5+;;;;/t15-,16+;2*9-;;;;/m100..../s1. The van der Waals surface area contributed by atoms with Gasteiger partial charge in [0, 0.05) is 45.0 Å². The topological polar surface area (TPSA) is 154 Å². The van der Waals surface area contributed by atoms with Crippen molar-refractivity contribution in [1.82, 2.24) is 9.96 Å². The normalized spacial score (nSPS) is 15.5. The van der Waals surface area contributed by atoms with Gasteiger partial charge in [-0.3, -0.25) is 19.2 Å². The molecule has 1 aromatic rings. The number of amides is 3. The van der Waals surface area contributed by atoms with Gasteiger partial charge in [0.15, 0.2) is 5.78 Å². The Morgan fingerprint density at radius 3 is 1.52 bits per heavy atom. The van der Waals surface area contributed by atoms with Gasteiger partial charge in [0.1, 0.15) is 24.9 Å². The molecule has 3 N–H and O–H groups in total. The second kappa shape index (κ2) is 33.7. The van der Waals surface area contributed by atoms with Crippen LogP contribution in [0.2, 0.25) is 0 Å². The summed E-state index contributed by atoms with van der Waals surface area (Å²) >= 11 is 0. The Kier molecular flexibility index (Phi) is 36.5. The molecule has 3 amide bonds. The SMILES string of the molecule is C=CC/C(=C\C[C@H](O)C(=O)N(C)OC)C(F)(F)F.C=CC/C(=C\C[C@H](O)C(=O)N1C(=O)OC[C@H]1Cc1ccccc1)C(F)(F)F.C=CC/C(=C\C[C@H](O)C(C)=O)C(F)(F)F.[B].[Br-].[CH3-].[Mg+2]. The zero-order valence-electron chi connectivity index (χ0n) is 35.7. The first-order chi connectivity index (χ1) is 27.8. The summed E-state index contributed by atoms with van der Waals surface area (Å²) in [5.74, 6) is -2.34. The average molecular weight is 1000 g/mol. The van der Waals surface area contributed by atoms with E-state index in [0.717, 1.165) is 58.9 Å². The number of aliphatic hydroxyl groups is 3. The van der Waals surface area contributed by atoms with Crippen LogP contribution in [0.25, 0.3) is 0 Å². The van der Waals surface area contributed by atoms with E-state index < -0.39 is 103 Å². The average Bonchev–Trinajstić information content (AvgIpc) is 3.53. The quantitative estimate of drug-likeness (QED) is 0.0643. The molecule has 1 aliphatic heterocycles. The van der Waals surface area contributed by atoms with Gasteiger partial charge in [-0.25, -0.2) is 14.8 Å². The van der Waals surface area contributed by atoms with Crippen molar-refractivity contribution in [3.05, 3.63) is 116 Å². The number of ether oxygens (including phenoxy) is 1. The maximum absolute atomic E-state index is 12.9. The number of rotatable bonds is 18. The maximum Gasteiger partial charge on any atom is 2.00 e. The fourth-order valence-electron chi connectivity index (χ4n) is 4.77. The Labute approximate surface area is 395 Å². The predicted molar refractivity (Wildman–Crippen MR) is 219 cm³/mol. The summed E-state index contributed by atoms with van der Waals surface area (Å²) in [5, 5.41) is 29.2. The van der Waals surface area contributed by atoms with Crippen LogP contribution in [-0.2, 0) is 30.4 Å². The van der Waals surface area contributed by atoms with Crippen LogP contribution in [0.3, 0.4) is 0 Å². The number of hydrogen-bond donors (Lipinski definition) is 3. The number of carbonyl (C=O) groups excluding carboxylic acids is 4. The molecule has 3 radical (unpaired) electrons. The third-order valence-corrected chi connectivity index (χ3v) is 8.08. The number of allylic oxidation sites excluding steroid dienone is 6. The molecule has 4 atom stereocenters. The van der Waals surface area contributed by atoms with Gasteiger partial charge in [0.05, 0.1) is 13.2 Å². The van der Waals surface area contributed by atoms with Crippen LogP contribution in [-0.4, -0.2) is 144 Å². The van der Waals surface area contributed by atoms with E-state index in [1.165, 1.54) is 14.2 Å². The van der Waals surface area contributed by atoms with E-state index in [0.29, 0.717) is 6.42 Å². The van der Waals surface area contributed by atoms with Crippen LogP contribution in [0, 0.1) is 7.43 Å². The summed E-state index contributed by atoms with van der Waals surface area (Å²) < 4.78 is 118. The van der Waals surface area contributed by atoms with Crippen molar-refractivity contribution in [2.45, 2.75) is 94.8 Å². The molecule has 1 aromatic carbocycles. The van der Waals surface area contributed by atoms with Crippen molar-refractivity contribution >= 4 is 55.2 Å². The molecule has 0 aliphatic carbocycles. The van der Waals surface area contributed by atoms with Gasteiger partial charge in [-0.05, 0) is 44.6 Å². The Morgan fingerprint density at radius 2 is 1.17 bits per heavy atom. The van der Waals surface area contributed by atoms with Crippen molar-refractivity contribution < 1.29 is 101 Å². The molecule has 355 valence electrons. The molecule has 0 saturated carbocycles. The number of halogens is 10. The van der Waals surface area contributed by atoms with Crippen molar-refractivity contribution in [1.29, 1.82) is 0 Å². The van der Waals surface area contributed by atoms with Crippen LogP contribution in [0.15, 0.2) is 103 Å². The molecule has 1 heterocycles. The minimum absolute atomic E-state index is 0.